The first-order chi connectivity index (χ1) is 8.29. The zero-order valence-electron chi connectivity index (χ0n) is 10.2. The Labute approximate surface area is 108 Å². The Kier molecular flexibility index (Phi) is 4.49. The molecule has 1 N–H and O–H groups in total. The van der Waals surface area contributed by atoms with E-state index in [0.717, 1.165) is 18.7 Å². The average molecular weight is 255 g/mol. The van der Waals surface area contributed by atoms with Gasteiger partial charge in [0.25, 0.3) is 0 Å². The molecule has 0 radical (unpaired) electrons. The van der Waals surface area contributed by atoms with Gasteiger partial charge in [-0.25, -0.2) is 4.98 Å². The summed E-state index contributed by atoms with van der Waals surface area (Å²) in [5.41, 5.74) is 1.05. The van der Waals surface area contributed by atoms with Crippen molar-refractivity contribution >= 4 is 17.3 Å². The third-order valence-electron chi connectivity index (χ3n) is 3.33. The van der Waals surface area contributed by atoms with Gasteiger partial charge in [0, 0.05) is 29.9 Å². The molecular weight excluding hydrogens is 236 g/mol. The van der Waals surface area contributed by atoms with E-state index in [1.807, 2.05) is 12.1 Å². The largest absolute Gasteiger partial charge is 0.481 e. The van der Waals surface area contributed by atoms with Gasteiger partial charge in [0.2, 0.25) is 5.88 Å². The molecule has 17 heavy (non-hydrogen) atoms. The van der Waals surface area contributed by atoms with E-state index in [4.69, 9.17) is 16.3 Å². The van der Waals surface area contributed by atoms with Crippen LogP contribution in [0.15, 0.2) is 18.3 Å². The summed E-state index contributed by atoms with van der Waals surface area (Å²) < 4.78 is 5.09. The Balaban J connectivity index is 1.88. The number of rotatable bonds is 4. The van der Waals surface area contributed by atoms with Crippen LogP contribution in [-0.4, -0.2) is 24.0 Å². The number of anilines is 1. The lowest BCUT2D eigenvalue weighted by Gasteiger charge is -2.27. The molecule has 1 aromatic rings. The SMILES string of the molecule is COc1cc(NCC2CCCCC2Cl)ccn1. The zero-order valence-corrected chi connectivity index (χ0v) is 10.9. The van der Waals surface area contributed by atoms with E-state index >= 15 is 0 Å². The van der Waals surface area contributed by atoms with Crippen LogP contribution in [0.1, 0.15) is 25.7 Å². The summed E-state index contributed by atoms with van der Waals surface area (Å²) >= 11 is 6.33. The first-order valence-corrected chi connectivity index (χ1v) is 6.61. The van der Waals surface area contributed by atoms with Crippen molar-refractivity contribution in [2.75, 3.05) is 19.0 Å². The fourth-order valence-electron chi connectivity index (χ4n) is 2.27. The first-order valence-electron chi connectivity index (χ1n) is 6.17. The summed E-state index contributed by atoms with van der Waals surface area (Å²) in [6, 6.07) is 3.86. The lowest BCUT2D eigenvalue weighted by molar-refractivity contribution is 0.380. The molecule has 1 aromatic heterocycles. The minimum absolute atomic E-state index is 0.319. The van der Waals surface area contributed by atoms with Gasteiger partial charge in [-0.05, 0) is 24.8 Å². The smallest absolute Gasteiger partial charge is 0.214 e. The minimum atomic E-state index is 0.319. The third-order valence-corrected chi connectivity index (χ3v) is 3.90. The topological polar surface area (TPSA) is 34.1 Å². The Morgan fingerprint density at radius 2 is 2.29 bits per heavy atom. The maximum atomic E-state index is 6.33. The second-order valence-corrected chi connectivity index (χ2v) is 5.09. The highest BCUT2D eigenvalue weighted by Crippen LogP contribution is 2.29. The fraction of sp³-hybridized carbons (Fsp3) is 0.615. The highest BCUT2D eigenvalue weighted by molar-refractivity contribution is 6.20. The Hall–Kier alpha value is -0.960. The van der Waals surface area contributed by atoms with Gasteiger partial charge in [-0.15, -0.1) is 11.6 Å². The van der Waals surface area contributed by atoms with Crippen molar-refractivity contribution in [2.24, 2.45) is 5.92 Å². The van der Waals surface area contributed by atoms with Crippen molar-refractivity contribution in [2.45, 2.75) is 31.1 Å². The summed E-state index contributed by atoms with van der Waals surface area (Å²) in [6.45, 7) is 0.932. The number of nitrogens with one attached hydrogen (secondary N) is 1. The molecule has 2 rings (SSSR count). The van der Waals surface area contributed by atoms with E-state index in [1.165, 1.54) is 19.3 Å². The van der Waals surface area contributed by atoms with Crippen molar-refractivity contribution in [1.82, 2.24) is 4.98 Å². The van der Waals surface area contributed by atoms with Gasteiger partial charge in [-0.2, -0.15) is 0 Å². The molecule has 0 spiro atoms. The van der Waals surface area contributed by atoms with Crippen LogP contribution in [-0.2, 0) is 0 Å². The second kappa shape index (κ2) is 6.10. The van der Waals surface area contributed by atoms with E-state index in [0.29, 0.717) is 17.2 Å². The van der Waals surface area contributed by atoms with Gasteiger partial charge in [0.1, 0.15) is 0 Å². The van der Waals surface area contributed by atoms with Crippen molar-refractivity contribution in [3.63, 3.8) is 0 Å². The Morgan fingerprint density at radius 3 is 3.06 bits per heavy atom. The molecule has 0 saturated heterocycles. The number of hydrogen-bond donors (Lipinski definition) is 1. The van der Waals surface area contributed by atoms with Crippen LogP contribution in [0, 0.1) is 5.92 Å². The summed E-state index contributed by atoms with van der Waals surface area (Å²) in [7, 11) is 1.63. The molecular formula is C13H19ClN2O. The van der Waals surface area contributed by atoms with Crippen LogP contribution in [0.2, 0.25) is 0 Å². The van der Waals surface area contributed by atoms with Gasteiger partial charge in [-0.3, -0.25) is 0 Å². The van der Waals surface area contributed by atoms with Crippen molar-refractivity contribution in [3.8, 4) is 5.88 Å². The lowest BCUT2D eigenvalue weighted by Crippen LogP contribution is -2.26. The second-order valence-electron chi connectivity index (χ2n) is 4.53. The lowest BCUT2D eigenvalue weighted by atomic mass is 9.89. The number of methoxy groups -OCH3 is 1. The van der Waals surface area contributed by atoms with Crippen LogP contribution in [0.3, 0.4) is 0 Å². The van der Waals surface area contributed by atoms with Crippen molar-refractivity contribution in [3.05, 3.63) is 18.3 Å². The average Bonchev–Trinajstić information content (AvgIpc) is 2.38. The predicted molar refractivity (Wildman–Crippen MR) is 70.9 cm³/mol. The molecule has 1 aliphatic carbocycles. The molecule has 94 valence electrons. The first kappa shape index (κ1) is 12.5. The fourth-order valence-corrected chi connectivity index (χ4v) is 2.64. The molecule has 0 aliphatic heterocycles. The summed E-state index contributed by atoms with van der Waals surface area (Å²) in [5, 5.41) is 3.73. The molecule has 0 bridgehead atoms. The van der Waals surface area contributed by atoms with Crippen LogP contribution in [0.4, 0.5) is 5.69 Å². The number of aromatic nitrogens is 1. The van der Waals surface area contributed by atoms with Crippen molar-refractivity contribution < 1.29 is 4.74 Å². The molecule has 2 unspecified atom stereocenters. The number of pyridine rings is 1. The zero-order chi connectivity index (χ0) is 12.1. The van der Waals surface area contributed by atoms with Gasteiger partial charge in [0.15, 0.2) is 0 Å². The maximum absolute atomic E-state index is 6.33. The Morgan fingerprint density at radius 1 is 1.47 bits per heavy atom. The van der Waals surface area contributed by atoms with Gasteiger partial charge < -0.3 is 10.1 Å². The summed E-state index contributed by atoms with van der Waals surface area (Å²) in [6.07, 6.45) is 6.69. The van der Waals surface area contributed by atoms with Crippen LogP contribution < -0.4 is 10.1 Å². The van der Waals surface area contributed by atoms with Gasteiger partial charge >= 0.3 is 0 Å². The number of ether oxygens (including phenoxy) is 1. The molecule has 1 saturated carbocycles. The normalized spacial score (nSPS) is 24.4. The number of halogens is 1. The van der Waals surface area contributed by atoms with Gasteiger partial charge in [-0.1, -0.05) is 12.8 Å². The van der Waals surface area contributed by atoms with Crippen molar-refractivity contribution in [1.29, 1.82) is 0 Å². The van der Waals surface area contributed by atoms with Gasteiger partial charge in [0.05, 0.1) is 7.11 Å². The molecule has 2 atom stereocenters. The highest BCUT2D eigenvalue weighted by Gasteiger charge is 2.22. The number of nitrogens with zero attached hydrogens (tertiary/aromatic N) is 1. The molecule has 0 amide bonds. The van der Waals surface area contributed by atoms with E-state index in [9.17, 15) is 0 Å². The van der Waals surface area contributed by atoms with E-state index in [1.54, 1.807) is 13.3 Å². The van der Waals surface area contributed by atoms with E-state index in [-0.39, 0.29) is 0 Å². The highest BCUT2D eigenvalue weighted by atomic mass is 35.5. The maximum Gasteiger partial charge on any atom is 0.214 e. The molecule has 0 aromatic carbocycles. The summed E-state index contributed by atoms with van der Waals surface area (Å²) in [5.74, 6) is 1.21. The van der Waals surface area contributed by atoms with Crippen LogP contribution >= 0.6 is 11.6 Å². The quantitative estimate of drug-likeness (QED) is 0.838. The monoisotopic (exact) mass is 254 g/mol. The number of alkyl halides is 1. The number of hydrogen-bond acceptors (Lipinski definition) is 3. The molecule has 1 fully saturated rings. The molecule has 1 aliphatic rings. The van der Waals surface area contributed by atoms with Crippen LogP contribution in [0.5, 0.6) is 5.88 Å². The Bertz CT molecular complexity index is 359. The van der Waals surface area contributed by atoms with E-state index < -0.39 is 0 Å². The molecule has 4 heteroatoms. The molecule has 3 nitrogen and oxygen atoms in total. The standard InChI is InChI=1S/C13H19ClN2O/c1-17-13-8-11(6-7-15-13)16-9-10-4-2-3-5-12(10)14/h6-8,10,12H,2-5,9H2,1H3,(H,15,16). The molecule has 1 heterocycles. The minimum Gasteiger partial charge on any atom is -0.481 e. The predicted octanol–water partition coefficient (Wildman–Crippen LogP) is 3.30. The van der Waals surface area contributed by atoms with Crippen LogP contribution in [0.25, 0.3) is 0 Å². The van der Waals surface area contributed by atoms with E-state index in [2.05, 4.69) is 10.3 Å². The summed E-state index contributed by atoms with van der Waals surface area (Å²) in [4.78, 5) is 4.08. The third kappa shape index (κ3) is 3.50.